The fourth-order valence-corrected chi connectivity index (χ4v) is 3.42. The normalized spacial score (nSPS) is 11.5. The van der Waals surface area contributed by atoms with Gasteiger partial charge in [-0.2, -0.15) is 0 Å². The van der Waals surface area contributed by atoms with Crippen LogP contribution in [0, 0.1) is 5.82 Å². The molecule has 3 N–H and O–H groups in total. The topological polar surface area (TPSA) is 108 Å². The molecule has 0 bridgehead atoms. The van der Waals surface area contributed by atoms with Crippen LogP contribution in [0.15, 0.2) is 60.0 Å². The second-order valence-electron chi connectivity index (χ2n) is 6.40. The molecule has 7 nitrogen and oxygen atoms in total. The van der Waals surface area contributed by atoms with Gasteiger partial charge in [0, 0.05) is 11.8 Å². The quantitative estimate of drug-likeness (QED) is 0.512. The van der Waals surface area contributed by atoms with Crippen LogP contribution >= 0.6 is 11.3 Å². The molecule has 154 valence electrons. The van der Waals surface area contributed by atoms with Crippen molar-refractivity contribution >= 4 is 34.3 Å². The minimum atomic E-state index is -1.14. The molecule has 1 heterocycles. The molecular formula is C21H18FN3O4S. The molecule has 0 aliphatic carbocycles. The summed E-state index contributed by atoms with van der Waals surface area (Å²) in [6, 6.07) is 13.5. The minimum Gasteiger partial charge on any atom is -0.480 e. The van der Waals surface area contributed by atoms with Crippen molar-refractivity contribution < 1.29 is 23.9 Å². The van der Waals surface area contributed by atoms with Crippen LogP contribution in [0.2, 0.25) is 0 Å². The first-order valence-electron chi connectivity index (χ1n) is 8.98. The van der Waals surface area contributed by atoms with Gasteiger partial charge in [0.15, 0.2) is 5.13 Å². The summed E-state index contributed by atoms with van der Waals surface area (Å²) < 4.78 is 13.7. The molecule has 2 amide bonds. The Labute approximate surface area is 175 Å². The van der Waals surface area contributed by atoms with E-state index in [1.54, 1.807) is 35.7 Å². The fraction of sp³-hybridized carbons (Fsp3) is 0.143. The molecule has 9 heteroatoms. The third-order valence-electron chi connectivity index (χ3n) is 4.15. The molecule has 30 heavy (non-hydrogen) atoms. The lowest BCUT2D eigenvalue weighted by Crippen LogP contribution is -2.43. The minimum absolute atomic E-state index is 0.114. The van der Waals surface area contributed by atoms with Crippen LogP contribution in [0.25, 0.3) is 0 Å². The Kier molecular flexibility index (Phi) is 6.87. The van der Waals surface area contributed by atoms with E-state index in [4.69, 9.17) is 0 Å². The number of aromatic nitrogens is 1. The summed E-state index contributed by atoms with van der Waals surface area (Å²) in [6.07, 6.45) is 0.00750. The molecule has 0 fully saturated rings. The van der Waals surface area contributed by atoms with E-state index in [1.807, 2.05) is 6.07 Å². The van der Waals surface area contributed by atoms with E-state index in [9.17, 15) is 23.9 Å². The van der Waals surface area contributed by atoms with Crippen LogP contribution in [0.5, 0.6) is 0 Å². The molecule has 1 atom stereocenters. The van der Waals surface area contributed by atoms with Gasteiger partial charge in [-0.05, 0) is 17.7 Å². The molecule has 0 spiro atoms. The van der Waals surface area contributed by atoms with Crippen molar-refractivity contribution in [3.05, 3.63) is 82.6 Å². The van der Waals surface area contributed by atoms with E-state index < -0.39 is 29.6 Å². The van der Waals surface area contributed by atoms with Gasteiger partial charge in [0.25, 0.3) is 5.91 Å². The Morgan fingerprint density at radius 3 is 2.47 bits per heavy atom. The van der Waals surface area contributed by atoms with Crippen molar-refractivity contribution in [2.24, 2.45) is 0 Å². The van der Waals surface area contributed by atoms with Crippen molar-refractivity contribution in [3.63, 3.8) is 0 Å². The Morgan fingerprint density at radius 2 is 1.77 bits per heavy atom. The number of rotatable bonds is 8. The summed E-state index contributed by atoms with van der Waals surface area (Å²) in [4.78, 5) is 40.0. The Morgan fingerprint density at radius 1 is 1.07 bits per heavy atom. The summed E-state index contributed by atoms with van der Waals surface area (Å²) in [5.41, 5.74) is 1.04. The largest absolute Gasteiger partial charge is 0.480 e. The standard InChI is InChI=1S/C21H18FN3O4S/c22-16-9-5-4-8-15(16)19(27)25-21-23-14(12-30-21)11-18(26)24-17(20(28)29)10-13-6-2-1-3-7-13/h1-9,12,17H,10-11H2,(H,24,26)(H,28,29)(H,23,25,27). The molecule has 1 aromatic heterocycles. The second-order valence-corrected chi connectivity index (χ2v) is 7.26. The summed E-state index contributed by atoms with van der Waals surface area (Å²) >= 11 is 1.09. The van der Waals surface area contributed by atoms with Crippen molar-refractivity contribution in [2.45, 2.75) is 18.9 Å². The lowest BCUT2D eigenvalue weighted by atomic mass is 10.1. The number of nitrogens with one attached hydrogen (secondary N) is 2. The molecule has 1 unspecified atom stereocenters. The van der Waals surface area contributed by atoms with Gasteiger partial charge in [-0.1, -0.05) is 42.5 Å². The Hall–Kier alpha value is -3.59. The van der Waals surface area contributed by atoms with E-state index in [1.165, 1.54) is 18.2 Å². The van der Waals surface area contributed by atoms with Gasteiger partial charge < -0.3 is 10.4 Å². The summed E-state index contributed by atoms with van der Waals surface area (Å²) in [5, 5.41) is 16.1. The van der Waals surface area contributed by atoms with Crippen molar-refractivity contribution in [1.82, 2.24) is 10.3 Å². The van der Waals surface area contributed by atoms with Crippen LogP contribution in [0.4, 0.5) is 9.52 Å². The molecular weight excluding hydrogens is 409 g/mol. The molecule has 0 aliphatic rings. The highest BCUT2D eigenvalue weighted by Crippen LogP contribution is 2.18. The highest BCUT2D eigenvalue weighted by Gasteiger charge is 2.21. The first kappa shape index (κ1) is 21.1. The number of benzene rings is 2. The van der Waals surface area contributed by atoms with Gasteiger partial charge in [-0.15, -0.1) is 11.3 Å². The number of thiazole rings is 1. The number of carbonyl (C=O) groups is 3. The highest BCUT2D eigenvalue weighted by atomic mass is 32.1. The van der Waals surface area contributed by atoms with E-state index in [0.717, 1.165) is 16.9 Å². The second kappa shape index (κ2) is 9.75. The van der Waals surface area contributed by atoms with Crippen molar-refractivity contribution in [3.8, 4) is 0 Å². The average molecular weight is 427 g/mol. The average Bonchev–Trinajstić information content (AvgIpc) is 3.15. The maximum Gasteiger partial charge on any atom is 0.326 e. The number of carboxylic acid groups (broad SMARTS) is 1. The van der Waals surface area contributed by atoms with E-state index in [0.29, 0.717) is 5.69 Å². The maximum atomic E-state index is 13.7. The van der Waals surface area contributed by atoms with E-state index in [2.05, 4.69) is 15.6 Å². The lowest BCUT2D eigenvalue weighted by molar-refractivity contribution is -0.141. The molecule has 0 saturated carbocycles. The van der Waals surface area contributed by atoms with Crippen LogP contribution < -0.4 is 10.6 Å². The summed E-state index contributed by atoms with van der Waals surface area (Å²) in [6.45, 7) is 0. The first-order chi connectivity index (χ1) is 14.4. The Bertz CT molecular complexity index is 1060. The smallest absolute Gasteiger partial charge is 0.326 e. The lowest BCUT2D eigenvalue weighted by Gasteiger charge is -2.14. The van der Waals surface area contributed by atoms with Gasteiger partial charge in [0.05, 0.1) is 17.7 Å². The van der Waals surface area contributed by atoms with Gasteiger partial charge in [-0.3, -0.25) is 14.9 Å². The predicted octanol–water partition coefficient (Wildman–Crippen LogP) is 2.89. The van der Waals surface area contributed by atoms with Gasteiger partial charge in [-0.25, -0.2) is 14.2 Å². The summed E-state index contributed by atoms with van der Waals surface area (Å²) in [7, 11) is 0. The zero-order valence-corrected chi connectivity index (χ0v) is 16.5. The molecule has 0 aliphatic heterocycles. The van der Waals surface area contributed by atoms with Gasteiger partial charge in [0.2, 0.25) is 5.91 Å². The number of amides is 2. The monoisotopic (exact) mass is 427 g/mol. The zero-order valence-electron chi connectivity index (χ0n) is 15.7. The SMILES string of the molecule is O=C(Cc1csc(NC(=O)c2ccccc2F)n1)NC(Cc1ccccc1)C(=O)O. The third-order valence-corrected chi connectivity index (χ3v) is 4.95. The number of carboxylic acids is 1. The number of hydrogen-bond donors (Lipinski definition) is 3. The van der Waals surface area contributed by atoms with Crippen LogP contribution in [0.3, 0.4) is 0 Å². The van der Waals surface area contributed by atoms with Gasteiger partial charge >= 0.3 is 5.97 Å². The number of aliphatic carboxylic acids is 1. The molecule has 3 rings (SSSR count). The van der Waals surface area contributed by atoms with Crippen LogP contribution in [0.1, 0.15) is 21.6 Å². The number of halogens is 1. The number of hydrogen-bond acceptors (Lipinski definition) is 5. The zero-order chi connectivity index (χ0) is 21.5. The molecule has 3 aromatic rings. The van der Waals surface area contributed by atoms with E-state index in [-0.39, 0.29) is 23.5 Å². The molecule has 0 saturated heterocycles. The van der Waals surface area contributed by atoms with Gasteiger partial charge in [0.1, 0.15) is 11.9 Å². The number of nitrogens with zero attached hydrogens (tertiary/aromatic N) is 1. The van der Waals surface area contributed by atoms with Crippen molar-refractivity contribution in [1.29, 1.82) is 0 Å². The number of carbonyl (C=O) groups excluding carboxylic acids is 2. The highest BCUT2D eigenvalue weighted by molar-refractivity contribution is 7.14. The summed E-state index contributed by atoms with van der Waals surface area (Å²) in [5.74, 6) is -2.93. The Balaban J connectivity index is 1.58. The van der Waals surface area contributed by atoms with Crippen LogP contribution in [-0.4, -0.2) is 33.9 Å². The van der Waals surface area contributed by atoms with Crippen LogP contribution in [-0.2, 0) is 22.4 Å². The van der Waals surface area contributed by atoms with Crippen molar-refractivity contribution in [2.75, 3.05) is 5.32 Å². The molecule has 0 radical (unpaired) electrons. The molecule has 2 aromatic carbocycles. The predicted molar refractivity (Wildman–Crippen MR) is 110 cm³/mol. The third kappa shape index (κ3) is 5.71. The number of anilines is 1. The first-order valence-corrected chi connectivity index (χ1v) is 9.86. The maximum absolute atomic E-state index is 13.7. The van der Waals surface area contributed by atoms with E-state index >= 15 is 0 Å². The fourth-order valence-electron chi connectivity index (χ4n) is 2.72.